The zero-order valence-electron chi connectivity index (χ0n) is 18.7. The zero-order valence-corrected chi connectivity index (χ0v) is 18.7. The lowest BCUT2D eigenvalue weighted by Gasteiger charge is -2.28. The molecule has 0 saturated carbocycles. The molecule has 0 aliphatic heterocycles. The molecule has 6 nitrogen and oxygen atoms in total. The lowest BCUT2D eigenvalue weighted by molar-refractivity contribution is 0.0718. The Hall–Kier alpha value is -3.87. The van der Waals surface area contributed by atoms with Gasteiger partial charge in [0, 0.05) is 43.8 Å². The fraction of sp³-hybridized carbons (Fsp3) is 0.231. The predicted molar refractivity (Wildman–Crippen MR) is 127 cm³/mol. The van der Waals surface area contributed by atoms with Crippen molar-refractivity contribution in [1.82, 2.24) is 19.8 Å². The summed E-state index contributed by atoms with van der Waals surface area (Å²) in [5.41, 5.74) is 2.81. The summed E-state index contributed by atoms with van der Waals surface area (Å²) >= 11 is 0. The Morgan fingerprint density at radius 2 is 1.88 bits per heavy atom. The van der Waals surface area contributed by atoms with Crippen LogP contribution in [-0.4, -0.2) is 45.9 Å². The van der Waals surface area contributed by atoms with E-state index in [1.54, 1.807) is 34.7 Å². The van der Waals surface area contributed by atoms with Crippen LogP contribution in [0, 0.1) is 5.82 Å². The number of aromatic nitrogens is 2. The topological polar surface area (TPSA) is 70.1 Å². The van der Waals surface area contributed by atoms with Gasteiger partial charge in [-0.15, -0.1) is 0 Å². The van der Waals surface area contributed by atoms with Crippen LogP contribution >= 0.6 is 0 Å². The van der Waals surface area contributed by atoms with E-state index in [9.17, 15) is 14.0 Å². The molecule has 4 rings (SSSR count). The number of carbonyl (C=O) groups is 2. The third-order valence-corrected chi connectivity index (χ3v) is 5.93. The van der Waals surface area contributed by atoms with Crippen LogP contribution in [0.25, 0.3) is 10.9 Å². The Morgan fingerprint density at radius 1 is 1.09 bits per heavy atom. The van der Waals surface area contributed by atoms with E-state index >= 15 is 0 Å². The lowest BCUT2D eigenvalue weighted by Crippen LogP contribution is -2.41. The summed E-state index contributed by atoms with van der Waals surface area (Å²) in [7, 11) is 3.59. The van der Waals surface area contributed by atoms with Gasteiger partial charge in [0.05, 0.1) is 0 Å². The number of likely N-dealkylation sites (N-methyl/N-ethyl adjacent to an activating group) is 1. The van der Waals surface area contributed by atoms with E-state index in [0.29, 0.717) is 41.7 Å². The molecule has 2 heterocycles. The van der Waals surface area contributed by atoms with Crippen molar-refractivity contribution >= 4 is 22.7 Å². The first-order chi connectivity index (χ1) is 15.9. The summed E-state index contributed by atoms with van der Waals surface area (Å²) in [4.78, 5) is 30.5. The number of nitrogens with one attached hydrogen (secondary N) is 2. The van der Waals surface area contributed by atoms with Crippen LogP contribution < -0.4 is 5.32 Å². The van der Waals surface area contributed by atoms with Crippen molar-refractivity contribution < 1.29 is 14.0 Å². The number of benzene rings is 2. The smallest absolute Gasteiger partial charge is 0.270 e. The van der Waals surface area contributed by atoms with E-state index in [-0.39, 0.29) is 23.7 Å². The highest BCUT2D eigenvalue weighted by molar-refractivity contribution is 5.98. The molecule has 0 radical (unpaired) electrons. The first-order valence-corrected chi connectivity index (χ1v) is 10.9. The Morgan fingerprint density at radius 3 is 2.61 bits per heavy atom. The number of nitrogens with zero attached hydrogens (tertiary/aromatic N) is 2. The molecule has 2 amide bonds. The number of H-pyrrole nitrogens is 1. The van der Waals surface area contributed by atoms with Gasteiger partial charge in [-0.1, -0.05) is 30.3 Å². The molecule has 0 unspecified atom stereocenters. The van der Waals surface area contributed by atoms with Gasteiger partial charge in [-0.05, 0) is 54.8 Å². The van der Waals surface area contributed by atoms with E-state index in [0.717, 1.165) is 5.56 Å². The molecular formula is C26H27FN4O2. The van der Waals surface area contributed by atoms with E-state index in [1.807, 2.05) is 49.6 Å². The fourth-order valence-corrected chi connectivity index (χ4v) is 4.03. The van der Waals surface area contributed by atoms with Gasteiger partial charge in [0.15, 0.2) is 0 Å². The molecule has 0 spiro atoms. The lowest BCUT2D eigenvalue weighted by atomic mass is 10.0. The summed E-state index contributed by atoms with van der Waals surface area (Å²) in [6, 6.07) is 19.5. The number of fused-ring (bicyclic) bond motifs is 1. The number of amides is 2. The van der Waals surface area contributed by atoms with Gasteiger partial charge in [0.25, 0.3) is 11.8 Å². The van der Waals surface area contributed by atoms with Crippen LogP contribution in [0.5, 0.6) is 0 Å². The van der Waals surface area contributed by atoms with Crippen molar-refractivity contribution in [2.75, 3.05) is 13.6 Å². The van der Waals surface area contributed by atoms with Crippen LogP contribution in [0.2, 0.25) is 0 Å². The van der Waals surface area contributed by atoms with Gasteiger partial charge >= 0.3 is 0 Å². The summed E-state index contributed by atoms with van der Waals surface area (Å²) < 4.78 is 15.3. The Bertz CT molecular complexity index is 1260. The van der Waals surface area contributed by atoms with Crippen molar-refractivity contribution in [1.29, 1.82) is 0 Å². The minimum Gasteiger partial charge on any atom is -0.351 e. The first kappa shape index (κ1) is 22.3. The van der Waals surface area contributed by atoms with Crippen molar-refractivity contribution in [3.8, 4) is 0 Å². The molecule has 0 bridgehead atoms. The highest BCUT2D eigenvalue weighted by Gasteiger charge is 2.23. The van der Waals surface area contributed by atoms with Crippen LogP contribution in [0.3, 0.4) is 0 Å². The molecule has 0 aliphatic carbocycles. The van der Waals surface area contributed by atoms with Crippen LogP contribution in [0.4, 0.5) is 4.39 Å². The van der Waals surface area contributed by atoms with E-state index in [2.05, 4.69) is 10.3 Å². The summed E-state index contributed by atoms with van der Waals surface area (Å²) in [6.07, 6.45) is 3.06. The Labute approximate surface area is 192 Å². The number of aromatic amines is 1. The third-order valence-electron chi connectivity index (χ3n) is 5.93. The maximum absolute atomic E-state index is 13.6. The molecule has 33 heavy (non-hydrogen) atoms. The second kappa shape index (κ2) is 9.73. The molecule has 0 fully saturated rings. The Balaban J connectivity index is 1.49. The number of aryl methyl sites for hydroxylation is 1. The van der Waals surface area contributed by atoms with Crippen LogP contribution in [0.15, 0.2) is 72.9 Å². The maximum Gasteiger partial charge on any atom is 0.270 e. The molecule has 2 aromatic heterocycles. The molecule has 170 valence electrons. The van der Waals surface area contributed by atoms with Crippen molar-refractivity contribution in [2.24, 2.45) is 7.05 Å². The quantitative estimate of drug-likeness (QED) is 0.427. The average Bonchev–Trinajstić information content (AvgIpc) is 3.43. The fourth-order valence-electron chi connectivity index (χ4n) is 4.03. The SMILES string of the molecule is CN(C(=O)c1cc2cc(F)ccc2[nH]1)[C@H](CCNC(=O)c1cccn1C)Cc1ccccc1. The van der Waals surface area contributed by atoms with E-state index < -0.39 is 0 Å². The van der Waals surface area contributed by atoms with Crippen molar-refractivity contribution in [3.05, 3.63) is 95.7 Å². The predicted octanol–water partition coefficient (Wildman–Crippen LogP) is 4.15. The largest absolute Gasteiger partial charge is 0.351 e. The van der Waals surface area contributed by atoms with Gasteiger partial charge in [-0.25, -0.2) is 4.39 Å². The number of hydrogen-bond donors (Lipinski definition) is 2. The van der Waals surface area contributed by atoms with Crippen molar-refractivity contribution in [2.45, 2.75) is 18.9 Å². The molecule has 2 N–H and O–H groups in total. The standard InChI is InChI=1S/C26H27FN4O2/c1-30-14-6-9-24(30)25(32)28-13-12-21(15-18-7-4-3-5-8-18)31(2)26(33)23-17-19-16-20(27)10-11-22(19)29-23/h3-11,14,16-17,21,29H,12-13,15H2,1-2H3,(H,28,32)/t21-/m1/s1. The van der Waals surface area contributed by atoms with E-state index in [1.165, 1.54) is 12.1 Å². The average molecular weight is 447 g/mol. The van der Waals surface area contributed by atoms with Gasteiger partial charge in [-0.3, -0.25) is 9.59 Å². The molecule has 0 saturated heterocycles. The number of carbonyl (C=O) groups excluding carboxylic acids is 2. The maximum atomic E-state index is 13.6. The normalized spacial score (nSPS) is 12.0. The molecule has 4 aromatic rings. The van der Waals surface area contributed by atoms with E-state index in [4.69, 9.17) is 0 Å². The first-order valence-electron chi connectivity index (χ1n) is 10.9. The minimum atomic E-state index is -0.343. The van der Waals surface area contributed by atoms with Crippen molar-refractivity contribution in [3.63, 3.8) is 0 Å². The highest BCUT2D eigenvalue weighted by Crippen LogP contribution is 2.20. The van der Waals surface area contributed by atoms with Crippen LogP contribution in [0.1, 0.15) is 33.0 Å². The monoisotopic (exact) mass is 446 g/mol. The summed E-state index contributed by atoms with van der Waals surface area (Å²) in [6.45, 7) is 0.428. The molecular weight excluding hydrogens is 419 g/mol. The molecule has 0 aliphatic rings. The molecule has 7 heteroatoms. The third kappa shape index (κ3) is 5.14. The second-order valence-corrected chi connectivity index (χ2v) is 8.22. The van der Waals surface area contributed by atoms with Gasteiger partial charge in [0.1, 0.15) is 17.2 Å². The summed E-state index contributed by atoms with van der Waals surface area (Å²) in [5, 5.41) is 3.61. The van der Waals surface area contributed by atoms with Gasteiger partial charge < -0.3 is 19.8 Å². The molecule has 2 aromatic carbocycles. The molecule has 1 atom stereocenters. The van der Waals surface area contributed by atoms with Gasteiger partial charge in [0.2, 0.25) is 0 Å². The second-order valence-electron chi connectivity index (χ2n) is 8.22. The number of halogens is 1. The van der Waals surface area contributed by atoms with Gasteiger partial charge in [-0.2, -0.15) is 0 Å². The number of hydrogen-bond acceptors (Lipinski definition) is 2. The number of rotatable bonds is 8. The minimum absolute atomic E-state index is 0.142. The Kier molecular flexibility index (Phi) is 6.58. The highest BCUT2D eigenvalue weighted by atomic mass is 19.1. The van der Waals surface area contributed by atoms with Crippen LogP contribution in [-0.2, 0) is 13.5 Å². The summed E-state index contributed by atoms with van der Waals surface area (Å²) in [5.74, 6) is -0.668. The zero-order chi connectivity index (χ0) is 23.4.